The molecule has 0 unspecified atom stereocenters. The van der Waals surface area contributed by atoms with Gasteiger partial charge in [-0.3, -0.25) is 9.59 Å². The van der Waals surface area contributed by atoms with Gasteiger partial charge in [-0.05, 0) is 49.2 Å². The number of ketones is 1. The van der Waals surface area contributed by atoms with E-state index >= 15 is 0 Å². The quantitative estimate of drug-likeness (QED) is 0.712. The second-order valence-corrected chi connectivity index (χ2v) is 5.96. The molecule has 1 aromatic heterocycles. The SMILES string of the molecule is Cc1cc(C(=O)c2ccccc2)cc(C)c1Oc1ncccc1C(N)=O. The number of aromatic nitrogens is 1. The highest BCUT2D eigenvalue weighted by Crippen LogP contribution is 2.31. The Morgan fingerprint density at radius 1 is 0.923 bits per heavy atom. The predicted octanol–water partition coefficient (Wildman–Crippen LogP) is 3.82. The van der Waals surface area contributed by atoms with E-state index in [1.165, 1.54) is 6.20 Å². The van der Waals surface area contributed by atoms with E-state index < -0.39 is 5.91 Å². The standard InChI is InChI=1S/C21H18N2O3/c1-13-11-16(18(24)15-7-4-3-5-8-15)12-14(2)19(13)26-21-17(20(22)25)9-6-10-23-21/h3-12H,1-2H3,(H2,22,25). The lowest BCUT2D eigenvalue weighted by molar-refractivity contribution is 0.0996. The molecule has 3 rings (SSSR count). The molecule has 1 amide bonds. The summed E-state index contributed by atoms with van der Waals surface area (Å²) in [4.78, 5) is 28.3. The van der Waals surface area contributed by atoms with Crippen molar-refractivity contribution in [2.45, 2.75) is 13.8 Å². The Labute approximate surface area is 151 Å². The third kappa shape index (κ3) is 3.47. The van der Waals surface area contributed by atoms with E-state index in [0.717, 1.165) is 11.1 Å². The first-order chi connectivity index (χ1) is 12.5. The van der Waals surface area contributed by atoms with Crippen molar-refractivity contribution in [3.63, 3.8) is 0 Å². The summed E-state index contributed by atoms with van der Waals surface area (Å²) in [7, 11) is 0. The van der Waals surface area contributed by atoms with Gasteiger partial charge in [-0.25, -0.2) is 4.98 Å². The second-order valence-electron chi connectivity index (χ2n) is 5.96. The lowest BCUT2D eigenvalue weighted by Gasteiger charge is -2.14. The number of ether oxygens (including phenoxy) is 1. The first-order valence-corrected chi connectivity index (χ1v) is 8.11. The van der Waals surface area contributed by atoms with Gasteiger partial charge in [0, 0.05) is 17.3 Å². The van der Waals surface area contributed by atoms with Crippen LogP contribution < -0.4 is 10.5 Å². The molecule has 0 radical (unpaired) electrons. The second kappa shape index (κ2) is 7.19. The van der Waals surface area contributed by atoms with Crippen molar-refractivity contribution >= 4 is 11.7 Å². The lowest BCUT2D eigenvalue weighted by atomic mass is 9.98. The molecule has 0 saturated carbocycles. The van der Waals surface area contributed by atoms with Crippen LogP contribution in [0.5, 0.6) is 11.6 Å². The van der Waals surface area contributed by atoms with Crippen molar-refractivity contribution in [1.82, 2.24) is 4.98 Å². The van der Waals surface area contributed by atoms with Crippen LogP contribution in [0.3, 0.4) is 0 Å². The number of primary amides is 1. The topological polar surface area (TPSA) is 82.3 Å². The molecule has 2 aromatic carbocycles. The zero-order valence-corrected chi connectivity index (χ0v) is 14.5. The minimum Gasteiger partial charge on any atom is -0.438 e. The highest BCUT2D eigenvalue weighted by atomic mass is 16.5. The monoisotopic (exact) mass is 346 g/mol. The van der Waals surface area contributed by atoms with E-state index in [-0.39, 0.29) is 17.2 Å². The number of benzene rings is 2. The van der Waals surface area contributed by atoms with E-state index in [1.807, 2.05) is 32.0 Å². The summed E-state index contributed by atoms with van der Waals surface area (Å²) in [6, 6.07) is 15.8. The molecule has 3 aromatic rings. The Balaban J connectivity index is 1.96. The summed E-state index contributed by atoms with van der Waals surface area (Å²) < 4.78 is 5.85. The zero-order chi connectivity index (χ0) is 18.7. The number of hydrogen-bond acceptors (Lipinski definition) is 4. The van der Waals surface area contributed by atoms with Crippen molar-refractivity contribution in [3.05, 3.63) is 88.6 Å². The minimum absolute atomic E-state index is 0.0565. The van der Waals surface area contributed by atoms with Gasteiger partial charge < -0.3 is 10.5 Å². The van der Waals surface area contributed by atoms with Crippen molar-refractivity contribution in [1.29, 1.82) is 0 Å². The van der Waals surface area contributed by atoms with Crippen LogP contribution in [0, 0.1) is 13.8 Å². The maximum absolute atomic E-state index is 12.6. The summed E-state index contributed by atoms with van der Waals surface area (Å²) in [5.41, 5.74) is 8.32. The van der Waals surface area contributed by atoms with E-state index in [4.69, 9.17) is 10.5 Å². The molecule has 26 heavy (non-hydrogen) atoms. The number of hydrogen-bond donors (Lipinski definition) is 1. The molecular weight excluding hydrogens is 328 g/mol. The van der Waals surface area contributed by atoms with Crippen molar-refractivity contribution in [2.24, 2.45) is 5.73 Å². The van der Waals surface area contributed by atoms with E-state index in [0.29, 0.717) is 16.9 Å². The number of nitrogens with two attached hydrogens (primary N) is 1. The molecule has 0 spiro atoms. The van der Waals surface area contributed by atoms with Gasteiger partial charge in [0.1, 0.15) is 11.3 Å². The minimum atomic E-state index is -0.612. The van der Waals surface area contributed by atoms with Gasteiger partial charge in [0.05, 0.1) is 0 Å². The Hall–Kier alpha value is -3.47. The maximum Gasteiger partial charge on any atom is 0.254 e. The Kier molecular flexibility index (Phi) is 4.80. The number of carbonyl (C=O) groups is 2. The van der Waals surface area contributed by atoms with Gasteiger partial charge in [0.2, 0.25) is 5.88 Å². The fourth-order valence-electron chi connectivity index (χ4n) is 2.75. The molecule has 0 bridgehead atoms. The molecule has 5 nitrogen and oxygen atoms in total. The normalized spacial score (nSPS) is 10.4. The van der Waals surface area contributed by atoms with Gasteiger partial charge >= 0.3 is 0 Å². The van der Waals surface area contributed by atoms with Crippen molar-refractivity contribution < 1.29 is 14.3 Å². The molecule has 0 aliphatic heterocycles. The van der Waals surface area contributed by atoms with Gasteiger partial charge in [-0.1, -0.05) is 30.3 Å². The number of pyridine rings is 1. The first kappa shape index (κ1) is 17.4. The lowest BCUT2D eigenvalue weighted by Crippen LogP contribution is -2.13. The number of amides is 1. The molecule has 130 valence electrons. The maximum atomic E-state index is 12.6. The number of rotatable bonds is 5. The highest BCUT2D eigenvalue weighted by molar-refractivity contribution is 6.09. The molecule has 0 saturated heterocycles. The predicted molar refractivity (Wildman–Crippen MR) is 98.6 cm³/mol. The third-order valence-electron chi connectivity index (χ3n) is 3.99. The Bertz CT molecular complexity index is 959. The smallest absolute Gasteiger partial charge is 0.254 e. The number of carbonyl (C=O) groups excluding carboxylic acids is 2. The third-order valence-corrected chi connectivity index (χ3v) is 3.99. The van der Waals surface area contributed by atoms with Crippen LogP contribution in [-0.2, 0) is 0 Å². The molecule has 0 atom stereocenters. The molecule has 0 aliphatic carbocycles. The van der Waals surface area contributed by atoms with Crippen LogP contribution in [0.15, 0.2) is 60.8 Å². The fourth-order valence-corrected chi connectivity index (χ4v) is 2.75. The average Bonchev–Trinajstić information content (AvgIpc) is 2.64. The Morgan fingerprint density at radius 3 is 2.19 bits per heavy atom. The highest BCUT2D eigenvalue weighted by Gasteiger charge is 2.17. The molecule has 5 heteroatoms. The van der Waals surface area contributed by atoms with Crippen LogP contribution >= 0.6 is 0 Å². The van der Waals surface area contributed by atoms with Crippen LogP contribution in [-0.4, -0.2) is 16.7 Å². The summed E-state index contributed by atoms with van der Waals surface area (Å²) in [5, 5.41) is 0. The number of nitrogens with zero attached hydrogens (tertiary/aromatic N) is 1. The van der Waals surface area contributed by atoms with Crippen LogP contribution in [0.2, 0.25) is 0 Å². The largest absolute Gasteiger partial charge is 0.438 e. The molecule has 0 aliphatic rings. The van der Waals surface area contributed by atoms with Gasteiger partial charge in [0.15, 0.2) is 5.78 Å². The summed E-state index contributed by atoms with van der Waals surface area (Å²) >= 11 is 0. The van der Waals surface area contributed by atoms with E-state index in [2.05, 4.69) is 4.98 Å². The van der Waals surface area contributed by atoms with E-state index in [9.17, 15) is 9.59 Å². The van der Waals surface area contributed by atoms with Crippen LogP contribution in [0.25, 0.3) is 0 Å². The number of aryl methyl sites for hydroxylation is 2. The fraction of sp³-hybridized carbons (Fsp3) is 0.0952. The van der Waals surface area contributed by atoms with Crippen molar-refractivity contribution in [3.8, 4) is 11.6 Å². The zero-order valence-electron chi connectivity index (χ0n) is 14.5. The molecule has 2 N–H and O–H groups in total. The average molecular weight is 346 g/mol. The summed E-state index contributed by atoms with van der Waals surface area (Å²) in [5.74, 6) is 0.0300. The van der Waals surface area contributed by atoms with Crippen molar-refractivity contribution in [2.75, 3.05) is 0 Å². The molecule has 0 fully saturated rings. The van der Waals surface area contributed by atoms with E-state index in [1.54, 1.807) is 36.4 Å². The van der Waals surface area contributed by atoms with Gasteiger partial charge in [0.25, 0.3) is 5.91 Å². The Morgan fingerprint density at radius 2 is 1.58 bits per heavy atom. The first-order valence-electron chi connectivity index (χ1n) is 8.11. The molecular formula is C21H18N2O3. The summed E-state index contributed by atoms with van der Waals surface area (Å²) in [6.07, 6.45) is 1.53. The van der Waals surface area contributed by atoms with Gasteiger partial charge in [-0.15, -0.1) is 0 Å². The summed E-state index contributed by atoms with van der Waals surface area (Å²) in [6.45, 7) is 3.69. The van der Waals surface area contributed by atoms with Gasteiger partial charge in [-0.2, -0.15) is 0 Å². The van der Waals surface area contributed by atoms with Crippen LogP contribution in [0.1, 0.15) is 37.4 Å². The molecule has 1 heterocycles. The van der Waals surface area contributed by atoms with Crippen LogP contribution in [0.4, 0.5) is 0 Å².